The number of rotatable bonds is 7. The first-order valence-electron chi connectivity index (χ1n) is 6.65. The second-order valence-corrected chi connectivity index (χ2v) is 4.58. The van der Waals surface area contributed by atoms with Gasteiger partial charge in [0.15, 0.2) is 5.75 Å². The van der Waals surface area contributed by atoms with Crippen LogP contribution in [0.2, 0.25) is 0 Å². The number of hydrogen-bond acceptors (Lipinski definition) is 5. The third-order valence-electron chi connectivity index (χ3n) is 3.04. The first-order chi connectivity index (χ1) is 10.2. The summed E-state index contributed by atoms with van der Waals surface area (Å²) in [4.78, 5) is 14.6. The molecule has 112 valence electrons. The van der Waals surface area contributed by atoms with Crippen molar-refractivity contribution in [3.8, 4) is 5.75 Å². The highest BCUT2D eigenvalue weighted by molar-refractivity contribution is 5.48. The molecule has 0 spiro atoms. The van der Waals surface area contributed by atoms with Crippen LogP contribution in [0.5, 0.6) is 5.75 Å². The number of aliphatic hydroxyl groups is 1. The van der Waals surface area contributed by atoms with Gasteiger partial charge in [-0.25, -0.2) is 4.98 Å². The van der Waals surface area contributed by atoms with Gasteiger partial charge in [-0.15, -0.1) is 0 Å². The number of ether oxygens (including phenoxy) is 1. The standard InChI is InChI=1S/C14H17N3O4/c1-2-5-16-10-15-7-12(16)9-21-14-6-11(8-18)3-4-13(14)17(19)20/h3-4,6-7,10,18H,2,5,8-9H2,1H3. The molecule has 0 radical (unpaired) electrons. The van der Waals surface area contributed by atoms with Crippen LogP contribution >= 0.6 is 0 Å². The summed E-state index contributed by atoms with van der Waals surface area (Å²) in [5.41, 5.74) is 1.30. The molecule has 0 aliphatic rings. The Balaban J connectivity index is 2.18. The maximum Gasteiger partial charge on any atom is 0.310 e. The van der Waals surface area contributed by atoms with Gasteiger partial charge in [-0.1, -0.05) is 6.92 Å². The van der Waals surface area contributed by atoms with Crippen molar-refractivity contribution in [2.75, 3.05) is 0 Å². The average molecular weight is 291 g/mol. The molecular formula is C14H17N3O4. The van der Waals surface area contributed by atoms with E-state index in [1.54, 1.807) is 12.5 Å². The van der Waals surface area contributed by atoms with Crippen LogP contribution in [0.4, 0.5) is 5.69 Å². The van der Waals surface area contributed by atoms with Crippen molar-refractivity contribution in [2.24, 2.45) is 0 Å². The zero-order valence-electron chi connectivity index (χ0n) is 11.7. The molecule has 0 amide bonds. The van der Waals surface area contributed by atoms with E-state index < -0.39 is 4.92 Å². The fraction of sp³-hybridized carbons (Fsp3) is 0.357. The van der Waals surface area contributed by atoms with E-state index in [1.807, 2.05) is 4.57 Å². The average Bonchev–Trinajstić information content (AvgIpc) is 2.92. The molecule has 0 aliphatic carbocycles. The molecule has 7 nitrogen and oxygen atoms in total. The van der Waals surface area contributed by atoms with E-state index in [-0.39, 0.29) is 24.7 Å². The first-order valence-corrected chi connectivity index (χ1v) is 6.65. The van der Waals surface area contributed by atoms with E-state index in [1.165, 1.54) is 18.2 Å². The van der Waals surface area contributed by atoms with Crippen molar-refractivity contribution >= 4 is 5.69 Å². The van der Waals surface area contributed by atoms with Gasteiger partial charge in [0.05, 0.1) is 29.7 Å². The largest absolute Gasteiger partial charge is 0.480 e. The van der Waals surface area contributed by atoms with Gasteiger partial charge in [0.25, 0.3) is 0 Å². The molecule has 2 rings (SSSR count). The Morgan fingerprint density at radius 3 is 2.95 bits per heavy atom. The molecule has 1 aromatic carbocycles. The SMILES string of the molecule is CCCn1cncc1COc1cc(CO)ccc1[N+](=O)[O-]. The lowest BCUT2D eigenvalue weighted by atomic mass is 10.2. The Kier molecular flexibility index (Phi) is 4.89. The second-order valence-electron chi connectivity index (χ2n) is 4.58. The zero-order chi connectivity index (χ0) is 15.2. The highest BCUT2D eigenvalue weighted by Gasteiger charge is 2.16. The zero-order valence-corrected chi connectivity index (χ0v) is 11.7. The van der Waals surface area contributed by atoms with E-state index >= 15 is 0 Å². The van der Waals surface area contributed by atoms with Gasteiger partial charge in [0.1, 0.15) is 6.61 Å². The molecule has 0 saturated carbocycles. The normalized spacial score (nSPS) is 10.6. The minimum atomic E-state index is -0.500. The summed E-state index contributed by atoms with van der Waals surface area (Å²) in [5.74, 6) is 0.149. The summed E-state index contributed by atoms with van der Waals surface area (Å²) >= 11 is 0. The molecule has 0 unspecified atom stereocenters. The van der Waals surface area contributed by atoms with Crippen molar-refractivity contribution in [3.63, 3.8) is 0 Å². The monoisotopic (exact) mass is 291 g/mol. The summed E-state index contributed by atoms with van der Waals surface area (Å²) in [6.07, 6.45) is 4.35. The van der Waals surface area contributed by atoms with Crippen LogP contribution in [0.3, 0.4) is 0 Å². The highest BCUT2D eigenvalue weighted by atomic mass is 16.6. The lowest BCUT2D eigenvalue weighted by molar-refractivity contribution is -0.386. The summed E-state index contributed by atoms with van der Waals surface area (Å²) in [7, 11) is 0. The minimum Gasteiger partial charge on any atom is -0.480 e. The Bertz CT molecular complexity index is 624. The summed E-state index contributed by atoms with van der Waals surface area (Å²) in [6.45, 7) is 2.87. The molecule has 2 aromatic rings. The Labute approximate surface area is 122 Å². The van der Waals surface area contributed by atoms with Crippen LogP contribution in [0, 0.1) is 10.1 Å². The summed E-state index contributed by atoms with van der Waals surface area (Å²) in [6, 6.07) is 4.33. The van der Waals surface area contributed by atoms with Crippen LogP contribution < -0.4 is 4.74 Å². The van der Waals surface area contributed by atoms with E-state index in [0.717, 1.165) is 18.7 Å². The third kappa shape index (κ3) is 3.57. The smallest absolute Gasteiger partial charge is 0.310 e. The number of nitrogens with zero attached hydrogens (tertiary/aromatic N) is 3. The maximum absolute atomic E-state index is 11.0. The predicted molar refractivity (Wildman–Crippen MR) is 75.9 cm³/mol. The number of aryl methyl sites for hydroxylation is 1. The van der Waals surface area contributed by atoms with Crippen molar-refractivity contribution in [3.05, 3.63) is 52.1 Å². The Morgan fingerprint density at radius 1 is 1.48 bits per heavy atom. The van der Waals surface area contributed by atoms with Gasteiger partial charge in [0, 0.05) is 12.6 Å². The van der Waals surface area contributed by atoms with E-state index in [2.05, 4.69) is 11.9 Å². The first kappa shape index (κ1) is 15.0. The molecule has 0 fully saturated rings. The van der Waals surface area contributed by atoms with E-state index in [0.29, 0.717) is 5.56 Å². The van der Waals surface area contributed by atoms with Crippen LogP contribution in [0.25, 0.3) is 0 Å². The van der Waals surface area contributed by atoms with Gasteiger partial charge >= 0.3 is 5.69 Å². The van der Waals surface area contributed by atoms with Gasteiger partial charge in [0.2, 0.25) is 0 Å². The Morgan fingerprint density at radius 2 is 2.29 bits per heavy atom. The lowest BCUT2D eigenvalue weighted by Crippen LogP contribution is -2.06. The van der Waals surface area contributed by atoms with Gasteiger partial charge in [-0.3, -0.25) is 10.1 Å². The molecule has 7 heteroatoms. The number of benzene rings is 1. The van der Waals surface area contributed by atoms with Crippen molar-refractivity contribution < 1.29 is 14.8 Å². The third-order valence-corrected chi connectivity index (χ3v) is 3.04. The minimum absolute atomic E-state index is 0.117. The van der Waals surface area contributed by atoms with Crippen LogP contribution in [0.15, 0.2) is 30.7 Å². The second kappa shape index (κ2) is 6.85. The van der Waals surface area contributed by atoms with Gasteiger partial charge in [-0.05, 0) is 24.1 Å². The molecular weight excluding hydrogens is 274 g/mol. The summed E-state index contributed by atoms with van der Waals surface area (Å²) in [5, 5.41) is 20.1. The van der Waals surface area contributed by atoms with E-state index in [4.69, 9.17) is 9.84 Å². The maximum atomic E-state index is 11.0. The van der Waals surface area contributed by atoms with Crippen molar-refractivity contribution in [2.45, 2.75) is 33.1 Å². The molecule has 0 atom stereocenters. The number of nitro benzene ring substituents is 1. The Hall–Kier alpha value is -2.41. The van der Waals surface area contributed by atoms with Gasteiger partial charge < -0.3 is 14.4 Å². The fourth-order valence-corrected chi connectivity index (χ4v) is 1.99. The molecule has 1 N–H and O–H groups in total. The van der Waals surface area contributed by atoms with Crippen LogP contribution in [-0.4, -0.2) is 19.6 Å². The van der Waals surface area contributed by atoms with Crippen molar-refractivity contribution in [1.29, 1.82) is 0 Å². The number of hydrogen-bond donors (Lipinski definition) is 1. The summed E-state index contributed by atoms with van der Waals surface area (Å²) < 4.78 is 7.50. The molecule has 1 aromatic heterocycles. The predicted octanol–water partition coefficient (Wildman–Crippen LogP) is 2.27. The molecule has 0 aliphatic heterocycles. The number of aliphatic hydroxyl groups excluding tert-OH is 1. The fourth-order valence-electron chi connectivity index (χ4n) is 1.99. The topological polar surface area (TPSA) is 90.4 Å². The quantitative estimate of drug-likeness (QED) is 0.624. The molecule has 1 heterocycles. The lowest BCUT2D eigenvalue weighted by Gasteiger charge is -2.10. The van der Waals surface area contributed by atoms with E-state index in [9.17, 15) is 10.1 Å². The van der Waals surface area contributed by atoms with Crippen molar-refractivity contribution in [1.82, 2.24) is 9.55 Å². The number of imidazole rings is 1. The number of nitro groups is 1. The molecule has 21 heavy (non-hydrogen) atoms. The van der Waals surface area contributed by atoms with Crippen LogP contribution in [-0.2, 0) is 19.8 Å². The molecule has 0 bridgehead atoms. The van der Waals surface area contributed by atoms with Gasteiger partial charge in [-0.2, -0.15) is 0 Å². The highest BCUT2D eigenvalue weighted by Crippen LogP contribution is 2.28. The number of aromatic nitrogens is 2. The molecule has 0 saturated heterocycles. The van der Waals surface area contributed by atoms with Crippen LogP contribution in [0.1, 0.15) is 24.6 Å².